The Kier molecular flexibility index (Phi) is 23.1. The first kappa shape index (κ1) is 41.0. The highest BCUT2D eigenvalue weighted by molar-refractivity contribution is 5.98. The molecule has 0 fully saturated rings. The number of nitrogens with zero attached hydrogens (tertiary/aromatic N) is 9. The fraction of sp³-hybridized carbons (Fsp3) is 0.700. The first-order valence-corrected chi connectivity index (χ1v) is 16.2. The Labute approximate surface area is 279 Å². The number of ether oxygens (including phenoxy) is 4. The number of benzene rings is 1. The Bertz CT molecular complexity index is 1230. The summed E-state index contributed by atoms with van der Waals surface area (Å²) in [5.41, 5.74) is 25.7. The molecule has 0 heterocycles. The molecule has 0 aliphatic carbocycles. The first-order valence-electron chi connectivity index (χ1n) is 16.2. The number of hydrogen-bond donors (Lipinski definition) is 2. The fourth-order valence-electron chi connectivity index (χ4n) is 4.40. The van der Waals surface area contributed by atoms with Crippen LogP contribution in [0.4, 0.5) is 0 Å². The molecule has 18 nitrogen and oxygen atoms in total. The van der Waals surface area contributed by atoms with Crippen LogP contribution in [0.2, 0.25) is 0 Å². The lowest BCUT2D eigenvalue weighted by atomic mass is 10.1. The average Bonchev–Trinajstić information content (AvgIpc) is 3.07. The van der Waals surface area contributed by atoms with Crippen LogP contribution in [0.5, 0.6) is 17.2 Å². The number of carboxylic acids is 1. The van der Waals surface area contributed by atoms with Gasteiger partial charge in [-0.3, -0.25) is 9.59 Å². The standard InChI is InChI=1S/C30H46N10O8/c1-2-3-4-5-6-7-8-9-10-11-17-48-30(44)24(12-13-27(41)42)37-29(43)23-21-25(45-18-14-34-38-31)28(47-20-16-36-40-33)26(22-23)46-19-15-35-39-32/h21-22,24H,2-20H2,1H3,(H,37,43)(H,41,42)/t24-/m1/s1. The van der Waals surface area contributed by atoms with Crippen molar-refractivity contribution in [2.75, 3.05) is 46.1 Å². The number of azide groups is 3. The van der Waals surface area contributed by atoms with Crippen molar-refractivity contribution in [1.29, 1.82) is 0 Å². The van der Waals surface area contributed by atoms with Gasteiger partial charge >= 0.3 is 11.9 Å². The molecule has 0 aliphatic heterocycles. The molecular weight excluding hydrogens is 628 g/mol. The molecule has 2 N–H and O–H groups in total. The summed E-state index contributed by atoms with van der Waals surface area (Å²) in [4.78, 5) is 45.7. The van der Waals surface area contributed by atoms with Crippen LogP contribution in [0.1, 0.15) is 94.3 Å². The number of amides is 1. The highest BCUT2D eigenvalue weighted by Gasteiger charge is 2.26. The summed E-state index contributed by atoms with van der Waals surface area (Å²) in [5.74, 6) is -2.63. The summed E-state index contributed by atoms with van der Waals surface area (Å²) >= 11 is 0. The lowest BCUT2D eigenvalue weighted by molar-refractivity contribution is -0.146. The summed E-state index contributed by atoms with van der Waals surface area (Å²) < 4.78 is 22.5. The third kappa shape index (κ3) is 18.8. The highest BCUT2D eigenvalue weighted by atomic mass is 16.5. The van der Waals surface area contributed by atoms with Gasteiger partial charge in [0.2, 0.25) is 5.75 Å². The van der Waals surface area contributed by atoms with E-state index >= 15 is 0 Å². The number of nitrogens with one attached hydrogen (secondary N) is 1. The molecule has 0 spiro atoms. The van der Waals surface area contributed by atoms with Crippen LogP contribution in [0, 0.1) is 0 Å². The molecule has 0 saturated heterocycles. The Morgan fingerprint density at radius 2 is 1.23 bits per heavy atom. The van der Waals surface area contributed by atoms with Crippen LogP contribution in [0.25, 0.3) is 31.3 Å². The van der Waals surface area contributed by atoms with E-state index in [4.69, 9.17) is 35.5 Å². The second-order valence-corrected chi connectivity index (χ2v) is 10.5. The van der Waals surface area contributed by atoms with Gasteiger partial charge in [-0.25, -0.2) is 4.79 Å². The van der Waals surface area contributed by atoms with Crippen molar-refractivity contribution in [3.05, 3.63) is 49.0 Å². The molecule has 1 atom stereocenters. The van der Waals surface area contributed by atoms with Crippen LogP contribution in [0.3, 0.4) is 0 Å². The van der Waals surface area contributed by atoms with E-state index in [1.807, 2.05) is 0 Å². The molecule has 1 rings (SSSR count). The number of hydrogen-bond acceptors (Lipinski definition) is 10. The molecule has 48 heavy (non-hydrogen) atoms. The van der Waals surface area contributed by atoms with E-state index in [2.05, 4.69) is 42.3 Å². The molecule has 0 unspecified atom stereocenters. The van der Waals surface area contributed by atoms with Crippen LogP contribution in [-0.4, -0.2) is 75.1 Å². The van der Waals surface area contributed by atoms with Gasteiger partial charge in [-0.15, -0.1) is 0 Å². The first-order chi connectivity index (χ1) is 23.4. The Hall–Kier alpha value is -5.04. The smallest absolute Gasteiger partial charge is 0.328 e. The quantitative estimate of drug-likeness (QED) is 0.0288. The predicted octanol–water partition coefficient (Wildman–Crippen LogP) is 7.18. The molecule has 1 amide bonds. The third-order valence-electron chi connectivity index (χ3n) is 6.79. The second kappa shape index (κ2) is 27.1. The number of unbranched alkanes of at least 4 members (excludes halogenated alkanes) is 9. The van der Waals surface area contributed by atoms with E-state index in [1.165, 1.54) is 50.7 Å². The number of aliphatic carboxylic acids is 1. The van der Waals surface area contributed by atoms with Crippen LogP contribution < -0.4 is 19.5 Å². The molecule has 264 valence electrons. The molecule has 0 radical (unpaired) electrons. The number of carbonyl (C=O) groups excluding carboxylic acids is 2. The van der Waals surface area contributed by atoms with Crippen molar-refractivity contribution in [1.82, 2.24) is 5.32 Å². The van der Waals surface area contributed by atoms with Gasteiger partial charge in [0.15, 0.2) is 11.5 Å². The summed E-state index contributed by atoms with van der Waals surface area (Å²) in [6.45, 7) is 1.89. The maximum absolute atomic E-state index is 13.4. The van der Waals surface area contributed by atoms with Crippen LogP contribution >= 0.6 is 0 Å². The van der Waals surface area contributed by atoms with Crippen molar-refractivity contribution in [3.8, 4) is 17.2 Å². The van der Waals surface area contributed by atoms with Gasteiger partial charge in [-0.2, -0.15) is 0 Å². The zero-order valence-electron chi connectivity index (χ0n) is 27.5. The normalized spacial score (nSPS) is 10.8. The van der Waals surface area contributed by atoms with Crippen molar-refractivity contribution >= 4 is 17.8 Å². The molecule has 0 aromatic heterocycles. The summed E-state index contributed by atoms with van der Waals surface area (Å²) in [6, 6.07) is 1.36. The van der Waals surface area contributed by atoms with E-state index in [-0.39, 0.29) is 75.3 Å². The fourth-order valence-corrected chi connectivity index (χ4v) is 4.40. The molecular formula is C30H46N10O8. The molecule has 1 aromatic carbocycles. The highest BCUT2D eigenvalue weighted by Crippen LogP contribution is 2.39. The summed E-state index contributed by atoms with van der Waals surface area (Å²) in [6.07, 6.45) is 10.5. The molecule has 0 aliphatic rings. The lowest BCUT2D eigenvalue weighted by Gasteiger charge is -2.20. The molecule has 0 saturated carbocycles. The largest absolute Gasteiger partial charge is 0.489 e. The third-order valence-corrected chi connectivity index (χ3v) is 6.79. The number of esters is 1. The van der Waals surface area contributed by atoms with Crippen molar-refractivity contribution < 1.29 is 38.4 Å². The monoisotopic (exact) mass is 674 g/mol. The van der Waals surface area contributed by atoms with Gasteiger partial charge < -0.3 is 29.4 Å². The minimum atomic E-state index is -1.25. The lowest BCUT2D eigenvalue weighted by Crippen LogP contribution is -2.42. The summed E-state index contributed by atoms with van der Waals surface area (Å²) in [7, 11) is 0. The predicted molar refractivity (Wildman–Crippen MR) is 176 cm³/mol. The van der Waals surface area contributed by atoms with Gasteiger partial charge in [0.1, 0.15) is 6.04 Å². The van der Waals surface area contributed by atoms with Gasteiger partial charge in [0.25, 0.3) is 5.91 Å². The van der Waals surface area contributed by atoms with Crippen molar-refractivity contribution in [2.24, 2.45) is 15.3 Å². The number of carboxylic acid groups (broad SMARTS) is 1. The maximum Gasteiger partial charge on any atom is 0.328 e. The van der Waals surface area contributed by atoms with Crippen LogP contribution in [0.15, 0.2) is 27.5 Å². The van der Waals surface area contributed by atoms with Gasteiger partial charge in [-0.05, 0) is 41.6 Å². The molecule has 1 aromatic rings. The van der Waals surface area contributed by atoms with E-state index in [9.17, 15) is 19.5 Å². The van der Waals surface area contributed by atoms with E-state index in [1.54, 1.807) is 0 Å². The van der Waals surface area contributed by atoms with Crippen LogP contribution in [-0.2, 0) is 14.3 Å². The molecule has 18 heteroatoms. The Morgan fingerprint density at radius 1 is 0.750 bits per heavy atom. The van der Waals surface area contributed by atoms with Crippen molar-refractivity contribution in [3.63, 3.8) is 0 Å². The minimum Gasteiger partial charge on any atom is -0.489 e. The SMILES string of the molecule is CCCCCCCCCCCCOC(=O)[C@@H](CCC(=O)O)NC(=O)c1cc(OCCN=[N+]=[N-])c(OCCN=[N+]=[N-])c(OCCN=[N+]=[N-])c1. The van der Waals surface area contributed by atoms with E-state index < -0.39 is 30.3 Å². The van der Waals surface area contributed by atoms with Crippen molar-refractivity contribution in [2.45, 2.75) is 90.0 Å². The topological polar surface area (TPSA) is 267 Å². The van der Waals surface area contributed by atoms with E-state index in [0.717, 1.165) is 19.3 Å². The van der Waals surface area contributed by atoms with Gasteiger partial charge in [-0.1, -0.05) is 80.1 Å². The van der Waals surface area contributed by atoms with Gasteiger partial charge in [0.05, 0.1) is 46.1 Å². The zero-order chi connectivity index (χ0) is 35.2. The second-order valence-electron chi connectivity index (χ2n) is 10.5. The zero-order valence-corrected chi connectivity index (χ0v) is 27.5. The minimum absolute atomic E-state index is 0.00105. The Morgan fingerprint density at radius 3 is 1.71 bits per heavy atom. The summed E-state index contributed by atoms with van der Waals surface area (Å²) in [5, 5.41) is 22.0. The number of rotatable bonds is 29. The maximum atomic E-state index is 13.4. The Balaban J connectivity index is 3.05. The average molecular weight is 675 g/mol. The number of carbonyl (C=O) groups is 3. The van der Waals surface area contributed by atoms with Gasteiger partial charge in [0, 0.05) is 26.7 Å². The van der Waals surface area contributed by atoms with E-state index in [0.29, 0.717) is 6.42 Å². The molecule has 0 bridgehead atoms.